The number of rotatable bonds is 6. The van der Waals surface area contributed by atoms with E-state index in [0.29, 0.717) is 0 Å². The standard InChI is InChI=1S/C16H26BrN3O/c1-13(18)11-14-12-15(3-4-16(14)17)21-10-9-20-7-5-19(2)6-8-20/h3-4,12-13H,5-11,18H2,1-2H3. The fraction of sp³-hybridized carbons (Fsp3) is 0.625. The van der Waals surface area contributed by atoms with Crippen LogP contribution in [0.25, 0.3) is 0 Å². The zero-order chi connectivity index (χ0) is 15.2. The molecule has 0 aliphatic carbocycles. The molecule has 2 rings (SSSR count). The van der Waals surface area contributed by atoms with Gasteiger partial charge in [0.05, 0.1) is 0 Å². The molecule has 2 N–H and O–H groups in total. The van der Waals surface area contributed by atoms with Crippen LogP contribution in [0, 0.1) is 0 Å². The summed E-state index contributed by atoms with van der Waals surface area (Å²) >= 11 is 3.57. The largest absolute Gasteiger partial charge is 0.492 e. The molecule has 5 heteroatoms. The number of likely N-dealkylation sites (N-methyl/N-ethyl adjacent to an activating group) is 1. The monoisotopic (exact) mass is 355 g/mol. The van der Waals surface area contributed by atoms with E-state index in [1.54, 1.807) is 0 Å². The number of nitrogens with zero attached hydrogens (tertiary/aromatic N) is 2. The molecule has 1 atom stereocenters. The first-order valence-electron chi connectivity index (χ1n) is 7.62. The predicted molar refractivity (Wildman–Crippen MR) is 90.9 cm³/mol. The van der Waals surface area contributed by atoms with Crippen molar-refractivity contribution in [3.05, 3.63) is 28.2 Å². The highest BCUT2D eigenvalue weighted by Gasteiger charge is 2.13. The molecule has 4 nitrogen and oxygen atoms in total. The minimum atomic E-state index is 0.155. The molecule has 0 bridgehead atoms. The van der Waals surface area contributed by atoms with Crippen molar-refractivity contribution in [2.75, 3.05) is 46.4 Å². The highest BCUT2D eigenvalue weighted by molar-refractivity contribution is 9.10. The van der Waals surface area contributed by atoms with Crippen LogP contribution in [-0.4, -0.2) is 62.2 Å². The predicted octanol–water partition coefficient (Wildman–Crippen LogP) is 1.97. The lowest BCUT2D eigenvalue weighted by Crippen LogP contribution is -2.45. The molecule has 1 unspecified atom stereocenters. The third kappa shape index (κ3) is 5.58. The van der Waals surface area contributed by atoms with Crippen molar-refractivity contribution < 1.29 is 4.74 Å². The van der Waals surface area contributed by atoms with Gasteiger partial charge in [-0.05, 0) is 44.2 Å². The highest BCUT2D eigenvalue weighted by Crippen LogP contribution is 2.23. The van der Waals surface area contributed by atoms with Crippen LogP contribution in [0.1, 0.15) is 12.5 Å². The van der Waals surface area contributed by atoms with Gasteiger partial charge in [-0.3, -0.25) is 4.90 Å². The van der Waals surface area contributed by atoms with Gasteiger partial charge in [-0.25, -0.2) is 0 Å². The Bertz CT molecular complexity index is 445. The van der Waals surface area contributed by atoms with E-state index < -0.39 is 0 Å². The van der Waals surface area contributed by atoms with E-state index in [4.69, 9.17) is 10.5 Å². The number of piperazine rings is 1. The summed E-state index contributed by atoms with van der Waals surface area (Å²) in [5, 5.41) is 0. The Morgan fingerprint density at radius 3 is 2.67 bits per heavy atom. The van der Waals surface area contributed by atoms with Gasteiger partial charge in [0.1, 0.15) is 12.4 Å². The molecule has 0 radical (unpaired) electrons. The van der Waals surface area contributed by atoms with Crippen molar-refractivity contribution in [3.8, 4) is 5.75 Å². The summed E-state index contributed by atoms with van der Waals surface area (Å²) < 4.78 is 7.00. The van der Waals surface area contributed by atoms with Crippen LogP contribution in [0.5, 0.6) is 5.75 Å². The number of ether oxygens (including phenoxy) is 1. The Labute approximate surface area is 136 Å². The molecule has 0 aromatic heterocycles. The number of hydrogen-bond acceptors (Lipinski definition) is 4. The van der Waals surface area contributed by atoms with E-state index in [9.17, 15) is 0 Å². The molecule has 1 aliphatic rings. The highest BCUT2D eigenvalue weighted by atomic mass is 79.9. The van der Waals surface area contributed by atoms with E-state index in [1.807, 2.05) is 19.1 Å². The van der Waals surface area contributed by atoms with Crippen LogP contribution in [0.4, 0.5) is 0 Å². The Kier molecular flexibility index (Phi) is 6.48. The molecule has 21 heavy (non-hydrogen) atoms. The van der Waals surface area contributed by atoms with Crippen molar-refractivity contribution >= 4 is 15.9 Å². The van der Waals surface area contributed by atoms with E-state index >= 15 is 0 Å². The van der Waals surface area contributed by atoms with Gasteiger partial charge in [-0.15, -0.1) is 0 Å². The second kappa shape index (κ2) is 8.13. The van der Waals surface area contributed by atoms with Crippen LogP contribution < -0.4 is 10.5 Å². The van der Waals surface area contributed by atoms with Gasteiger partial charge in [-0.2, -0.15) is 0 Å². The molecular weight excluding hydrogens is 330 g/mol. The first-order valence-corrected chi connectivity index (χ1v) is 8.41. The van der Waals surface area contributed by atoms with E-state index in [1.165, 1.54) is 5.56 Å². The Balaban J connectivity index is 1.80. The number of nitrogens with two attached hydrogens (primary N) is 1. The lowest BCUT2D eigenvalue weighted by atomic mass is 10.1. The van der Waals surface area contributed by atoms with Crippen molar-refractivity contribution in [3.63, 3.8) is 0 Å². The van der Waals surface area contributed by atoms with Crippen LogP contribution in [0.3, 0.4) is 0 Å². The molecule has 1 aromatic rings. The van der Waals surface area contributed by atoms with E-state index in [0.717, 1.165) is 56.0 Å². The lowest BCUT2D eigenvalue weighted by molar-refractivity contribution is 0.133. The summed E-state index contributed by atoms with van der Waals surface area (Å²) in [6.45, 7) is 8.32. The molecule has 0 amide bonds. The minimum Gasteiger partial charge on any atom is -0.492 e. The molecule has 0 saturated carbocycles. The summed E-state index contributed by atoms with van der Waals surface area (Å²) in [6.07, 6.45) is 0.857. The average Bonchev–Trinajstić information content (AvgIpc) is 2.44. The van der Waals surface area contributed by atoms with Gasteiger partial charge >= 0.3 is 0 Å². The molecule has 1 aromatic carbocycles. The third-order valence-corrected chi connectivity index (χ3v) is 4.60. The maximum atomic E-state index is 5.90. The zero-order valence-electron chi connectivity index (χ0n) is 13.0. The van der Waals surface area contributed by atoms with E-state index in [2.05, 4.69) is 38.8 Å². The quantitative estimate of drug-likeness (QED) is 0.846. The summed E-state index contributed by atoms with van der Waals surface area (Å²) in [5.74, 6) is 0.933. The fourth-order valence-electron chi connectivity index (χ4n) is 2.51. The van der Waals surface area contributed by atoms with Crippen molar-refractivity contribution in [2.24, 2.45) is 5.73 Å². The first-order chi connectivity index (χ1) is 10.0. The summed E-state index contributed by atoms with van der Waals surface area (Å²) in [4.78, 5) is 4.83. The maximum absolute atomic E-state index is 5.90. The SMILES string of the molecule is CC(N)Cc1cc(OCCN2CCN(C)CC2)ccc1Br. The summed E-state index contributed by atoms with van der Waals surface area (Å²) in [5.41, 5.74) is 7.09. The molecule has 1 aliphatic heterocycles. The maximum Gasteiger partial charge on any atom is 0.119 e. The van der Waals surface area contributed by atoms with Crippen LogP contribution in [-0.2, 0) is 6.42 Å². The Morgan fingerprint density at radius 1 is 1.29 bits per heavy atom. The smallest absolute Gasteiger partial charge is 0.119 e. The second-order valence-electron chi connectivity index (χ2n) is 5.93. The summed E-state index contributed by atoms with van der Waals surface area (Å²) in [7, 11) is 2.18. The fourth-order valence-corrected chi connectivity index (χ4v) is 2.92. The summed E-state index contributed by atoms with van der Waals surface area (Å²) in [6, 6.07) is 6.31. The first kappa shape index (κ1) is 16.7. The Morgan fingerprint density at radius 2 is 2.00 bits per heavy atom. The number of benzene rings is 1. The van der Waals surface area contributed by atoms with Crippen LogP contribution in [0.15, 0.2) is 22.7 Å². The molecule has 1 heterocycles. The van der Waals surface area contributed by atoms with Gasteiger partial charge in [-0.1, -0.05) is 15.9 Å². The average molecular weight is 356 g/mol. The molecular formula is C16H26BrN3O. The zero-order valence-corrected chi connectivity index (χ0v) is 14.6. The minimum absolute atomic E-state index is 0.155. The Hall–Kier alpha value is -0.620. The van der Waals surface area contributed by atoms with E-state index in [-0.39, 0.29) is 6.04 Å². The topological polar surface area (TPSA) is 41.7 Å². The normalized spacial score (nSPS) is 18.7. The van der Waals surface area contributed by atoms with Gasteiger partial charge in [0.2, 0.25) is 0 Å². The third-order valence-electron chi connectivity index (χ3n) is 3.83. The number of hydrogen-bond donors (Lipinski definition) is 1. The molecule has 118 valence electrons. The van der Waals surface area contributed by atoms with Crippen molar-refractivity contribution in [1.29, 1.82) is 0 Å². The van der Waals surface area contributed by atoms with Crippen LogP contribution >= 0.6 is 15.9 Å². The van der Waals surface area contributed by atoms with Crippen molar-refractivity contribution in [2.45, 2.75) is 19.4 Å². The van der Waals surface area contributed by atoms with Gasteiger partial charge in [0.25, 0.3) is 0 Å². The van der Waals surface area contributed by atoms with Crippen molar-refractivity contribution in [1.82, 2.24) is 9.80 Å². The second-order valence-corrected chi connectivity index (χ2v) is 6.78. The lowest BCUT2D eigenvalue weighted by Gasteiger charge is -2.32. The van der Waals surface area contributed by atoms with Gasteiger partial charge < -0.3 is 15.4 Å². The molecule has 0 spiro atoms. The number of halogens is 1. The van der Waals surface area contributed by atoms with Gasteiger partial charge in [0.15, 0.2) is 0 Å². The molecule has 1 saturated heterocycles. The molecule has 1 fully saturated rings. The van der Waals surface area contributed by atoms with Gasteiger partial charge in [0, 0.05) is 43.2 Å². The van der Waals surface area contributed by atoms with Crippen LogP contribution in [0.2, 0.25) is 0 Å².